The molecule has 1 N–H and O–H groups in total. The van der Waals surface area contributed by atoms with Crippen LogP contribution in [0.4, 0.5) is 0 Å². The summed E-state index contributed by atoms with van der Waals surface area (Å²) in [5, 5.41) is 11.7. The summed E-state index contributed by atoms with van der Waals surface area (Å²) in [6.45, 7) is 1.01. The van der Waals surface area contributed by atoms with Crippen molar-refractivity contribution in [1.82, 2.24) is 15.2 Å². The van der Waals surface area contributed by atoms with E-state index in [0.29, 0.717) is 30.8 Å². The average molecular weight is 320 g/mol. The lowest BCUT2D eigenvalue weighted by Gasteiger charge is -2.17. The van der Waals surface area contributed by atoms with E-state index in [2.05, 4.69) is 16.4 Å². The predicted octanol–water partition coefficient (Wildman–Crippen LogP) is 1.48. The molecule has 6 nitrogen and oxygen atoms in total. The normalized spacial score (nSPS) is 16.7. The van der Waals surface area contributed by atoms with E-state index in [1.165, 1.54) is 0 Å². The van der Waals surface area contributed by atoms with Gasteiger partial charge in [0, 0.05) is 19.3 Å². The van der Waals surface area contributed by atoms with Gasteiger partial charge in [-0.1, -0.05) is 18.2 Å². The number of aromatic nitrogens is 1. The molecule has 1 saturated heterocycles. The molecular weight excluding hydrogens is 304 g/mol. The first-order chi connectivity index (χ1) is 11.7. The van der Waals surface area contributed by atoms with Crippen molar-refractivity contribution in [2.45, 2.75) is 19.0 Å². The number of rotatable bonds is 4. The highest BCUT2D eigenvalue weighted by molar-refractivity contribution is 5.96. The Morgan fingerprint density at radius 2 is 2.21 bits per heavy atom. The Morgan fingerprint density at radius 1 is 1.33 bits per heavy atom. The molecule has 120 valence electrons. The molecule has 24 heavy (non-hydrogen) atoms. The van der Waals surface area contributed by atoms with Gasteiger partial charge in [-0.15, -0.1) is 0 Å². The van der Waals surface area contributed by atoms with Crippen LogP contribution in [0.1, 0.15) is 28.0 Å². The Labute approximate surface area is 139 Å². The third-order valence-corrected chi connectivity index (χ3v) is 3.93. The second kappa shape index (κ2) is 6.92. The number of hydrogen-bond donors (Lipinski definition) is 1. The zero-order valence-electron chi connectivity index (χ0n) is 13.0. The summed E-state index contributed by atoms with van der Waals surface area (Å²) in [6.07, 6.45) is 2.11. The number of nitrogens with one attached hydrogen (secondary N) is 1. The monoisotopic (exact) mass is 320 g/mol. The van der Waals surface area contributed by atoms with Crippen molar-refractivity contribution in [3.8, 4) is 6.07 Å². The van der Waals surface area contributed by atoms with Crippen LogP contribution < -0.4 is 5.32 Å². The lowest BCUT2D eigenvalue weighted by atomic mass is 10.1. The molecule has 1 aromatic heterocycles. The molecule has 0 spiro atoms. The van der Waals surface area contributed by atoms with E-state index in [1.807, 2.05) is 6.07 Å². The van der Waals surface area contributed by atoms with Crippen LogP contribution in [-0.2, 0) is 11.3 Å². The molecule has 0 bridgehead atoms. The van der Waals surface area contributed by atoms with E-state index >= 15 is 0 Å². The van der Waals surface area contributed by atoms with Crippen molar-refractivity contribution in [2.24, 2.45) is 0 Å². The molecule has 0 radical (unpaired) electrons. The van der Waals surface area contributed by atoms with Gasteiger partial charge in [0.05, 0.1) is 11.6 Å². The van der Waals surface area contributed by atoms with E-state index in [0.717, 1.165) is 5.56 Å². The van der Waals surface area contributed by atoms with Crippen LogP contribution >= 0.6 is 0 Å². The van der Waals surface area contributed by atoms with Crippen molar-refractivity contribution in [3.05, 3.63) is 65.5 Å². The Kier molecular flexibility index (Phi) is 4.52. The molecule has 2 heterocycles. The Hall–Kier alpha value is -3.20. The molecule has 2 amide bonds. The molecule has 1 fully saturated rings. The van der Waals surface area contributed by atoms with E-state index in [-0.39, 0.29) is 11.8 Å². The number of carbonyl (C=O) groups excluding carboxylic acids is 2. The van der Waals surface area contributed by atoms with E-state index in [9.17, 15) is 9.59 Å². The molecule has 2 aromatic rings. The van der Waals surface area contributed by atoms with E-state index in [4.69, 9.17) is 5.26 Å². The van der Waals surface area contributed by atoms with Crippen LogP contribution in [0.2, 0.25) is 0 Å². The molecular formula is C18H16N4O2. The number of pyridine rings is 1. The average Bonchev–Trinajstić information content (AvgIpc) is 2.96. The summed E-state index contributed by atoms with van der Waals surface area (Å²) < 4.78 is 0. The fourth-order valence-corrected chi connectivity index (χ4v) is 2.72. The summed E-state index contributed by atoms with van der Waals surface area (Å²) in [5.74, 6) is -0.455. The number of amides is 2. The maximum atomic E-state index is 12.5. The fraction of sp³-hybridized carbons (Fsp3) is 0.222. The number of nitriles is 1. The minimum Gasteiger partial charge on any atom is -0.339 e. The van der Waals surface area contributed by atoms with Crippen LogP contribution in [0.5, 0.6) is 0 Å². The van der Waals surface area contributed by atoms with Gasteiger partial charge in [-0.25, -0.2) is 0 Å². The van der Waals surface area contributed by atoms with Gasteiger partial charge < -0.3 is 10.2 Å². The topological polar surface area (TPSA) is 86.1 Å². The third kappa shape index (κ3) is 3.41. The standard InChI is InChI=1S/C18H16N4O2/c19-11-13-4-3-5-14(10-13)12-22-9-7-16(18(22)24)21-17(23)15-6-1-2-8-20-15/h1-6,8,10,16H,7,9,12H2,(H,21,23)/t16-/m0/s1. The van der Waals surface area contributed by atoms with E-state index < -0.39 is 6.04 Å². The van der Waals surface area contributed by atoms with Crippen LogP contribution in [0.25, 0.3) is 0 Å². The number of hydrogen-bond acceptors (Lipinski definition) is 4. The third-order valence-electron chi connectivity index (χ3n) is 3.93. The second-order valence-corrected chi connectivity index (χ2v) is 5.60. The predicted molar refractivity (Wildman–Crippen MR) is 86.7 cm³/mol. The minimum atomic E-state index is -0.529. The number of likely N-dealkylation sites (tertiary alicyclic amines) is 1. The van der Waals surface area contributed by atoms with Crippen LogP contribution in [-0.4, -0.2) is 34.3 Å². The molecule has 1 atom stereocenters. The largest absolute Gasteiger partial charge is 0.339 e. The Bertz CT molecular complexity index is 798. The number of carbonyl (C=O) groups is 2. The fourth-order valence-electron chi connectivity index (χ4n) is 2.72. The van der Waals surface area contributed by atoms with Crippen LogP contribution in [0.3, 0.4) is 0 Å². The molecule has 1 aliphatic heterocycles. The van der Waals surface area contributed by atoms with Gasteiger partial charge in [0.25, 0.3) is 5.91 Å². The molecule has 1 aliphatic rings. The van der Waals surface area contributed by atoms with Crippen LogP contribution in [0, 0.1) is 11.3 Å². The van der Waals surface area contributed by atoms with Crippen molar-refractivity contribution < 1.29 is 9.59 Å². The lowest BCUT2D eigenvalue weighted by molar-refractivity contribution is -0.129. The second-order valence-electron chi connectivity index (χ2n) is 5.60. The zero-order valence-corrected chi connectivity index (χ0v) is 13.0. The van der Waals surface area contributed by atoms with Crippen molar-refractivity contribution in [3.63, 3.8) is 0 Å². The zero-order chi connectivity index (χ0) is 16.9. The SMILES string of the molecule is N#Cc1cccc(CN2CC[C@H](NC(=O)c3ccccn3)C2=O)c1. The van der Waals surface area contributed by atoms with Gasteiger partial charge >= 0.3 is 0 Å². The molecule has 0 unspecified atom stereocenters. The number of nitrogens with zero attached hydrogens (tertiary/aromatic N) is 3. The minimum absolute atomic E-state index is 0.110. The van der Waals surface area contributed by atoms with Crippen molar-refractivity contribution in [1.29, 1.82) is 5.26 Å². The van der Waals surface area contributed by atoms with Crippen LogP contribution in [0.15, 0.2) is 48.7 Å². The van der Waals surface area contributed by atoms with Gasteiger partial charge in [-0.05, 0) is 36.2 Å². The van der Waals surface area contributed by atoms with Crippen molar-refractivity contribution >= 4 is 11.8 Å². The Balaban J connectivity index is 1.63. The van der Waals surface area contributed by atoms with Gasteiger partial charge in [0.2, 0.25) is 5.91 Å². The first-order valence-electron chi connectivity index (χ1n) is 7.67. The summed E-state index contributed by atoms with van der Waals surface area (Å²) in [5.41, 5.74) is 1.77. The molecule has 1 aromatic carbocycles. The van der Waals surface area contributed by atoms with Gasteiger partial charge in [-0.2, -0.15) is 5.26 Å². The maximum absolute atomic E-state index is 12.5. The molecule has 0 aliphatic carbocycles. The molecule has 3 rings (SSSR count). The summed E-state index contributed by atoms with van der Waals surface area (Å²) in [6, 6.07) is 13.8. The maximum Gasteiger partial charge on any atom is 0.270 e. The first-order valence-corrected chi connectivity index (χ1v) is 7.67. The highest BCUT2D eigenvalue weighted by Gasteiger charge is 2.32. The molecule has 0 saturated carbocycles. The smallest absolute Gasteiger partial charge is 0.270 e. The molecule has 6 heteroatoms. The lowest BCUT2D eigenvalue weighted by Crippen LogP contribution is -2.41. The quantitative estimate of drug-likeness (QED) is 0.924. The van der Waals surface area contributed by atoms with Crippen molar-refractivity contribution in [2.75, 3.05) is 6.54 Å². The van der Waals surface area contributed by atoms with Gasteiger partial charge in [-0.3, -0.25) is 14.6 Å². The van der Waals surface area contributed by atoms with Gasteiger partial charge in [0.15, 0.2) is 0 Å². The highest BCUT2D eigenvalue weighted by atomic mass is 16.2. The first kappa shape index (κ1) is 15.7. The number of benzene rings is 1. The van der Waals surface area contributed by atoms with E-state index in [1.54, 1.807) is 47.5 Å². The Morgan fingerprint density at radius 3 is 2.96 bits per heavy atom. The summed E-state index contributed by atoms with van der Waals surface area (Å²) in [4.78, 5) is 30.2. The summed E-state index contributed by atoms with van der Waals surface area (Å²) in [7, 11) is 0. The summed E-state index contributed by atoms with van der Waals surface area (Å²) >= 11 is 0. The van der Waals surface area contributed by atoms with Gasteiger partial charge in [0.1, 0.15) is 11.7 Å². The highest BCUT2D eigenvalue weighted by Crippen LogP contribution is 2.16.